The third-order valence-electron chi connectivity index (χ3n) is 4.97. The molecule has 1 saturated carbocycles. The number of rotatable bonds is 8. The Morgan fingerprint density at radius 3 is 2.56 bits per heavy atom. The molecule has 2 aromatic rings. The summed E-state index contributed by atoms with van der Waals surface area (Å²) in [5, 5.41) is 12.5. The number of aromatic nitrogens is 1. The number of carbonyl (C=O) groups excluding carboxylic acids is 2. The summed E-state index contributed by atoms with van der Waals surface area (Å²) in [6.07, 6.45) is 3.17. The van der Waals surface area contributed by atoms with E-state index < -0.39 is 11.7 Å². The van der Waals surface area contributed by atoms with E-state index in [2.05, 4.69) is 10.3 Å². The molecule has 1 atom stereocenters. The van der Waals surface area contributed by atoms with Crippen LogP contribution in [0.2, 0.25) is 0 Å². The van der Waals surface area contributed by atoms with E-state index >= 15 is 0 Å². The van der Waals surface area contributed by atoms with Crippen molar-refractivity contribution in [1.82, 2.24) is 10.3 Å². The van der Waals surface area contributed by atoms with Crippen LogP contribution >= 0.6 is 0 Å². The van der Waals surface area contributed by atoms with Gasteiger partial charge in [0.1, 0.15) is 0 Å². The van der Waals surface area contributed by atoms with E-state index in [4.69, 9.17) is 4.74 Å². The monoisotopic (exact) mass is 368 g/mol. The van der Waals surface area contributed by atoms with Crippen LogP contribution in [0, 0.1) is 5.92 Å². The topological polar surface area (TPSA) is 88.5 Å². The predicted octanol–water partition coefficient (Wildman–Crippen LogP) is 2.22. The minimum absolute atomic E-state index is 0.0843. The first-order chi connectivity index (χ1) is 13.1. The third kappa shape index (κ3) is 4.92. The van der Waals surface area contributed by atoms with Gasteiger partial charge in [-0.1, -0.05) is 36.4 Å². The molecule has 0 bridgehead atoms. The number of carbonyl (C=O) groups is 2. The molecule has 6 nitrogen and oxygen atoms in total. The van der Waals surface area contributed by atoms with Gasteiger partial charge in [-0.15, -0.1) is 0 Å². The fourth-order valence-electron chi connectivity index (χ4n) is 3.31. The van der Waals surface area contributed by atoms with Gasteiger partial charge < -0.3 is 15.2 Å². The molecule has 27 heavy (non-hydrogen) atoms. The highest BCUT2D eigenvalue weighted by Crippen LogP contribution is 2.38. The molecule has 0 radical (unpaired) electrons. The molecule has 142 valence electrons. The van der Waals surface area contributed by atoms with Crippen LogP contribution in [0.1, 0.15) is 36.4 Å². The predicted molar refractivity (Wildman–Crippen MR) is 100 cm³/mol. The maximum absolute atomic E-state index is 12.4. The fourth-order valence-corrected chi connectivity index (χ4v) is 3.31. The Morgan fingerprint density at radius 2 is 1.96 bits per heavy atom. The van der Waals surface area contributed by atoms with Gasteiger partial charge in [0, 0.05) is 18.7 Å². The lowest BCUT2D eigenvalue weighted by Gasteiger charge is -2.38. The number of nitrogens with zero attached hydrogens (tertiary/aromatic N) is 1. The third-order valence-corrected chi connectivity index (χ3v) is 4.97. The molecule has 6 heteroatoms. The fraction of sp³-hybridized carbons (Fsp3) is 0.381. The van der Waals surface area contributed by atoms with E-state index in [9.17, 15) is 14.7 Å². The van der Waals surface area contributed by atoms with Crippen LogP contribution in [0.15, 0.2) is 48.7 Å². The summed E-state index contributed by atoms with van der Waals surface area (Å²) in [4.78, 5) is 28.9. The molecule has 1 heterocycles. The van der Waals surface area contributed by atoms with Crippen molar-refractivity contribution in [1.29, 1.82) is 0 Å². The number of aliphatic hydroxyl groups excluding tert-OH is 1. The van der Waals surface area contributed by atoms with Gasteiger partial charge in [-0.2, -0.15) is 0 Å². The zero-order valence-corrected chi connectivity index (χ0v) is 15.3. The smallest absolute Gasteiger partial charge is 0.287 e. The van der Waals surface area contributed by atoms with E-state index in [1.54, 1.807) is 12.3 Å². The number of ether oxygens (including phenoxy) is 1. The quantitative estimate of drug-likeness (QED) is 0.698. The Morgan fingerprint density at radius 1 is 1.22 bits per heavy atom. The van der Waals surface area contributed by atoms with E-state index in [-0.39, 0.29) is 24.5 Å². The Labute approximate surface area is 158 Å². The maximum Gasteiger partial charge on any atom is 0.287 e. The van der Waals surface area contributed by atoms with Crippen LogP contribution in [0.5, 0.6) is 5.88 Å². The van der Waals surface area contributed by atoms with Gasteiger partial charge in [-0.05, 0) is 36.3 Å². The lowest BCUT2D eigenvalue weighted by Crippen LogP contribution is -2.43. The van der Waals surface area contributed by atoms with Gasteiger partial charge in [0.2, 0.25) is 11.7 Å². The van der Waals surface area contributed by atoms with Gasteiger partial charge in [0.05, 0.1) is 19.3 Å². The summed E-state index contributed by atoms with van der Waals surface area (Å²) in [7, 11) is 1.54. The first-order valence-corrected chi connectivity index (χ1v) is 9.12. The number of benzene rings is 1. The average molecular weight is 368 g/mol. The van der Waals surface area contributed by atoms with Crippen molar-refractivity contribution in [2.45, 2.75) is 37.8 Å². The zero-order chi connectivity index (χ0) is 19.2. The first-order valence-electron chi connectivity index (χ1n) is 9.12. The number of pyridine rings is 1. The molecule has 1 aliphatic carbocycles. The molecule has 1 amide bonds. The van der Waals surface area contributed by atoms with Crippen LogP contribution in [0.25, 0.3) is 0 Å². The number of ketones is 1. The van der Waals surface area contributed by atoms with Gasteiger partial charge in [-0.25, -0.2) is 4.98 Å². The minimum atomic E-state index is -0.590. The number of aryl methyl sites for hydroxylation is 1. The zero-order valence-electron chi connectivity index (χ0n) is 15.3. The molecule has 0 spiro atoms. The number of nitrogens with one attached hydrogen (secondary N) is 1. The van der Waals surface area contributed by atoms with Crippen LogP contribution in [0.4, 0.5) is 0 Å². The van der Waals surface area contributed by atoms with Crippen molar-refractivity contribution >= 4 is 11.7 Å². The SMILES string of the molecule is COc1ccc([C@H](NC(=O)C(=O)CCc2ccccc2)C2CC(O)C2)cn1. The number of aliphatic hydroxyl groups is 1. The number of methoxy groups -OCH3 is 1. The van der Waals surface area contributed by atoms with Crippen molar-refractivity contribution in [3.63, 3.8) is 0 Å². The summed E-state index contributed by atoms with van der Waals surface area (Å²) < 4.78 is 5.07. The standard InChI is InChI=1S/C21H24N2O4/c1-27-19-10-8-15(13-22-19)20(16-11-17(24)12-16)23-21(26)18(25)9-7-14-5-3-2-4-6-14/h2-6,8,10,13,16-17,20,24H,7,9,11-12H2,1H3,(H,23,26)/t16?,17?,20-/m0/s1. The van der Waals surface area contributed by atoms with Crippen molar-refractivity contribution in [3.05, 3.63) is 59.8 Å². The van der Waals surface area contributed by atoms with E-state index in [0.29, 0.717) is 25.1 Å². The highest BCUT2D eigenvalue weighted by molar-refractivity contribution is 6.36. The Hall–Kier alpha value is -2.73. The first kappa shape index (κ1) is 19.0. The number of hydrogen-bond acceptors (Lipinski definition) is 5. The van der Waals surface area contributed by atoms with Crippen LogP contribution in [-0.4, -0.2) is 35.0 Å². The lowest BCUT2D eigenvalue weighted by atomic mass is 9.75. The molecule has 3 rings (SSSR count). The van der Waals surface area contributed by atoms with E-state index in [1.165, 1.54) is 7.11 Å². The van der Waals surface area contributed by atoms with Gasteiger partial charge in [0.15, 0.2) is 0 Å². The molecular formula is C21H24N2O4. The van der Waals surface area contributed by atoms with Crippen LogP contribution < -0.4 is 10.1 Å². The van der Waals surface area contributed by atoms with Crippen molar-refractivity contribution in [3.8, 4) is 5.88 Å². The highest BCUT2D eigenvalue weighted by atomic mass is 16.5. The second-order valence-corrected chi connectivity index (χ2v) is 6.88. The molecule has 0 unspecified atom stereocenters. The van der Waals surface area contributed by atoms with Gasteiger partial charge in [0.25, 0.3) is 5.91 Å². The minimum Gasteiger partial charge on any atom is -0.481 e. The molecule has 0 aliphatic heterocycles. The largest absolute Gasteiger partial charge is 0.481 e. The molecule has 0 saturated heterocycles. The number of hydrogen-bond donors (Lipinski definition) is 2. The van der Waals surface area contributed by atoms with Crippen molar-refractivity contribution in [2.24, 2.45) is 5.92 Å². The second-order valence-electron chi connectivity index (χ2n) is 6.88. The van der Waals surface area contributed by atoms with Crippen molar-refractivity contribution in [2.75, 3.05) is 7.11 Å². The Kier molecular flexibility index (Phi) is 6.19. The molecule has 1 aromatic heterocycles. The van der Waals surface area contributed by atoms with E-state index in [1.807, 2.05) is 36.4 Å². The molecular weight excluding hydrogens is 344 g/mol. The highest BCUT2D eigenvalue weighted by Gasteiger charge is 2.36. The number of amides is 1. The summed E-state index contributed by atoms with van der Waals surface area (Å²) >= 11 is 0. The number of Topliss-reactive ketones (excluding diaryl/α,β-unsaturated/α-hetero) is 1. The molecule has 1 fully saturated rings. The summed E-state index contributed by atoms with van der Waals surface area (Å²) in [5.74, 6) is -0.462. The van der Waals surface area contributed by atoms with Crippen LogP contribution in [0.3, 0.4) is 0 Å². The van der Waals surface area contributed by atoms with Crippen LogP contribution in [-0.2, 0) is 16.0 Å². The van der Waals surface area contributed by atoms with Gasteiger partial charge >= 0.3 is 0 Å². The molecule has 1 aromatic carbocycles. The summed E-state index contributed by atoms with van der Waals surface area (Å²) in [5.41, 5.74) is 1.83. The summed E-state index contributed by atoms with van der Waals surface area (Å²) in [6, 6.07) is 12.8. The molecule has 2 N–H and O–H groups in total. The average Bonchev–Trinajstić information content (AvgIpc) is 2.69. The van der Waals surface area contributed by atoms with Crippen molar-refractivity contribution < 1.29 is 19.4 Å². The van der Waals surface area contributed by atoms with Gasteiger partial charge in [-0.3, -0.25) is 9.59 Å². The maximum atomic E-state index is 12.4. The lowest BCUT2D eigenvalue weighted by molar-refractivity contribution is -0.139. The normalized spacial score (nSPS) is 19.6. The molecule has 1 aliphatic rings. The Bertz CT molecular complexity index is 771. The summed E-state index contributed by atoms with van der Waals surface area (Å²) in [6.45, 7) is 0. The second kappa shape index (κ2) is 8.77. The van der Waals surface area contributed by atoms with E-state index in [0.717, 1.165) is 11.1 Å². The Balaban J connectivity index is 1.63.